The van der Waals surface area contributed by atoms with Crippen LogP contribution in [0, 0.1) is 0 Å². The van der Waals surface area contributed by atoms with Crippen LogP contribution in [0.15, 0.2) is 41.9 Å². The minimum Gasteiger partial charge on any atom is -0.356 e. The molecule has 30 heavy (non-hydrogen) atoms. The van der Waals surface area contributed by atoms with Crippen molar-refractivity contribution in [2.45, 2.75) is 32.1 Å². The molecular weight excluding hydrogens is 395 g/mol. The van der Waals surface area contributed by atoms with Gasteiger partial charge in [0, 0.05) is 52.9 Å². The first-order valence-corrected chi connectivity index (χ1v) is 10.1. The van der Waals surface area contributed by atoms with E-state index in [-0.39, 0.29) is 0 Å². The Labute approximate surface area is 174 Å². The minimum atomic E-state index is -4.29. The third kappa shape index (κ3) is 6.45. The van der Waals surface area contributed by atoms with Gasteiger partial charge in [-0.3, -0.25) is 9.89 Å². The molecule has 1 N–H and O–H groups in total. The van der Waals surface area contributed by atoms with E-state index in [9.17, 15) is 13.2 Å². The fraction of sp³-hybridized carbons (Fsp3) is 0.550. The van der Waals surface area contributed by atoms with E-state index in [1.807, 2.05) is 4.57 Å². The van der Waals surface area contributed by atoms with Crippen LogP contribution >= 0.6 is 0 Å². The molecule has 0 aliphatic carbocycles. The Morgan fingerprint density at radius 2 is 1.70 bits per heavy atom. The number of aliphatic imine (C=N–C) groups is 1. The molecule has 1 aliphatic rings. The molecule has 2 heterocycles. The molecule has 1 aliphatic heterocycles. The summed E-state index contributed by atoms with van der Waals surface area (Å²) in [6, 6.07) is 5.44. The average Bonchev–Trinajstić information content (AvgIpc) is 3.25. The number of rotatable bonds is 7. The lowest BCUT2D eigenvalue weighted by molar-refractivity contribution is -0.137. The Morgan fingerprint density at radius 3 is 2.30 bits per heavy atom. The predicted octanol–water partition coefficient (Wildman–Crippen LogP) is 2.47. The summed E-state index contributed by atoms with van der Waals surface area (Å²) >= 11 is 0. The Morgan fingerprint density at radius 1 is 1.03 bits per heavy atom. The zero-order valence-electron chi connectivity index (χ0n) is 17.1. The SMILES string of the molecule is CN=C(NCCCCn1cnnc1)N1CCN(Cc2ccc(C(F)(F)F)cc2)CC1. The highest BCUT2D eigenvalue weighted by atomic mass is 19.4. The van der Waals surface area contributed by atoms with Crippen molar-refractivity contribution >= 4 is 5.96 Å². The Hall–Kier alpha value is -2.62. The maximum absolute atomic E-state index is 12.7. The summed E-state index contributed by atoms with van der Waals surface area (Å²) in [6.07, 6.45) is 1.20. The molecule has 0 saturated carbocycles. The van der Waals surface area contributed by atoms with Crippen molar-refractivity contribution in [1.82, 2.24) is 29.9 Å². The molecule has 164 valence electrons. The number of benzene rings is 1. The van der Waals surface area contributed by atoms with E-state index in [2.05, 4.69) is 30.3 Å². The molecule has 2 aromatic rings. The van der Waals surface area contributed by atoms with Gasteiger partial charge in [-0.05, 0) is 30.5 Å². The zero-order valence-corrected chi connectivity index (χ0v) is 17.1. The molecular formula is C20H28F3N7. The van der Waals surface area contributed by atoms with Crippen molar-refractivity contribution in [3.05, 3.63) is 48.0 Å². The van der Waals surface area contributed by atoms with Gasteiger partial charge in [0.25, 0.3) is 0 Å². The van der Waals surface area contributed by atoms with E-state index in [1.54, 1.807) is 31.8 Å². The lowest BCUT2D eigenvalue weighted by Crippen LogP contribution is -2.52. The molecule has 0 unspecified atom stereocenters. The van der Waals surface area contributed by atoms with Gasteiger partial charge in [-0.15, -0.1) is 10.2 Å². The van der Waals surface area contributed by atoms with Gasteiger partial charge in [0.05, 0.1) is 5.56 Å². The normalized spacial score (nSPS) is 16.1. The third-order valence-electron chi connectivity index (χ3n) is 5.16. The summed E-state index contributed by atoms with van der Waals surface area (Å²) in [5.74, 6) is 0.897. The van der Waals surface area contributed by atoms with E-state index in [1.165, 1.54) is 0 Å². The number of halogens is 3. The van der Waals surface area contributed by atoms with Crippen LogP contribution in [0.5, 0.6) is 0 Å². The quantitative estimate of drug-likeness (QED) is 0.421. The van der Waals surface area contributed by atoms with Crippen LogP contribution in [0.2, 0.25) is 0 Å². The number of guanidine groups is 1. The van der Waals surface area contributed by atoms with Crippen molar-refractivity contribution < 1.29 is 13.2 Å². The predicted molar refractivity (Wildman–Crippen MR) is 109 cm³/mol. The molecule has 10 heteroatoms. The smallest absolute Gasteiger partial charge is 0.356 e. The second-order valence-corrected chi connectivity index (χ2v) is 7.34. The monoisotopic (exact) mass is 423 g/mol. The first-order chi connectivity index (χ1) is 14.5. The molecule has 3 rings (SSSR count). The van der Waals surface area contributed by atoms with Gasteiger partial charge in [-0.1, -0.05) is 12.1 Å². The lowest BCUT2D eigenvalue weighted by Gasteiger charge is -2.36. The highest BCUT2D eigenvalue weighted by Gasteiger charge is 2.30. The van der Waals surface area contributed by atoms with Crippen molar-refractivity contribution in [3.8, 4) is 0 Å². The number of aromatic nitrogens is 3. The highest BCUT2D eigenvalue weighted by Crippen LogP contribution is 2.29. The summed E-state index contributed by atoms with van der Waals surface area (Å²) < 4.78 is 40.0. The van der Waals surface area contributed by atoms with Crippen LogP contribution in [0.3, 0.4) is 0 Å². The lowest BCUT2D eigenvalue weighted by atomic mass is 10.1. The first kappa shape index (κ1) is 22.1. The number of hydrogen-bond donors (Lipinski definition) is 1. The number of nitrogens with zero attached hydrogens (tertiary/aromatic N) is 6. The molecule has 0 spiro atoms. The molecule has 7 nitrogen and oxygen atoms in total. The average molecular weight is 423 g/mol. The molecule has 1 aromatic carbocycles. The molecule has 0 radical (unpaired) electrons. The van der Waals surface area contributed by atoms with E-state index < -0.39 is 11.7 Å². The summed E-state index contributed by atoms with van der Waals surface area (Å²) in [4.78, 5) is 8.86. The summed E-state index contributed by atoms with van der Waals surface area (Å²) in [6.45, 7) is 5.75. The van der Waals surface area contributed by atoms with Gasteiger partial charge >= 0.3 is 6.18 Å². The number of alkyl halides is 3. The zero-order chi connectivity index (χ0) is 21.4. The number of hydrogen-bond acceptors (Lipinski definition) is 4. The summed E-state index contributed by atoms with van der Waals surface area (Å²) in [5.41, 5.74) is 0.291. The summed E-state index contributed by atoms with van der Waals surface area (Å²) in [7, 11) is 1.79. The van der Waals surface area contributed by atoms with Crippen LogP contribution in [0.4, 0.5) is 13.2 Å². The van der Waals surface area contributed by atoms with Crippen LogP contribution in [0.25, 0.3) is 0 Å². The van der Waals surface area contributed by atoms with Crippen LogP contribution in [-0.2, 0) is 19.3 Å². The number of aryl methyl sites for hydroxylation is 1. The largest absolute Gasteiger partial charge is 0.416 e. The van der Waals surface area contributed by atoms with Gasteiger partial charge < -0.3 is 14.8 Å². The van der Waals surface area contributed by atoms with Gasteiger partial charge in [-0.2, -0.15) is 13.2 Å². The fourth-order valence-electron chi connectivity index (χ4n) is 3.46. The molecule has 0 atom stereocenters. The second kappa shape index (κ2) is 10.4. The Kier molecular flexibility index (Phi) is 7.67. The first-order valence-electron chi connectivity index (χ1n) is 10.1. The van der Waals surface area contributed by atoms with Crippen molar-refractivity contribution in [2.75, 3.05) is 39.8 Å². The molecule has 1 saturated heterocycles. The van der Waals surface area contributed by atoms with E-state index in [0.717, 1.165) is 75.8 Å². The van der Waals surface area contributed by atoms with Crippen molar-refractivity contribution in [2.24, 2.45) is 4.99 Å². The van der Waals surface area contributed by atoms with Crippen LogP contribution < -0.4 is 5.32 Å². The summed E-state index contributed by atoms with van der Waals surface area (Å²) in [5, 5.41) is 11.0. The fourth-order valence-corrected chi connectivity index (χ4v) is 3.46. The van der Waals surface area contributed by atoms with E-state index in [4.69, 9.17) is 0 Å². The van der Waals surface area contributed by atoms with E-state index >= 15 is 0 Å². The minimum absolute atomic E-state index is 0.604. The van der Waals surface area contributed by atoms with Crippen molar-refractivity contribution in [1.29, 1.82) is 0 Å². The number of piperazine rings is 1. The van der Waals surface area contributed by atoms with Gasteiger partial charge in [0.1, 0.15) is 12.7 Å². The Balaban J connectivity index is 1.37. The topological polar surface area (TPSA) is 61.6 Å². The number of nitrogens with one attached hydrogen (secondary N) is 1. The molecule has 0 amide bonds. The Bertz CT molecular complexity index is 780. The molecule has 0 bridgehead atoms. The van der Waals surface area contributed by atoms with Crippen molar-refractivity contribution in [3.63, 3.8) is 0 Å². The van der Waals surface area contributed by atoms with Gasteiger partial charge in [0.15, 0.2) is 5.96 Å². The molecule has 1 aromatic heterocycles. The van der Waals surface area contributed by atoms with Crippen LogP contribution in [-0.4, -0.2) is 70.3 Å². The maximum atomic E-state index is 12.7. The standard InChI is InChI=1S/C20H28F3N7/c1-24-19(25-8-2-3-9-29-15-26-27-16-29)30-12-10-28(11-13-30)14-17-4-6-18(7-5-17)20(21,22)23/h4-7,15-16H,2-3,8-14H2,1H3,(H,24,25). The highest BCUT2D eigenvalue weighted by molar-refractivity contribution is 5.79. The van der Waals surface area contributed by atoms with Gasteiger partial charge in [-0.25, -0.2) is 0 Å². The maximum Gasteiger partial charge on any atom is 0.416 e. The van der Waals surface area contributed by atoms with Gasteiger partial charge in [0.2, 0.25) is 0 Å². The molecule has 1 fully saturated rings. The third-order valence-corrected chi connectivity index (χ3v) is 5.16. The van der Waals surface area contributed by atoms with Crippen LogP contribution in [0.1, 0.15) is 24.0 Å². The number of unbranched alkanes of at least 4 members (excludes halogenated alkanes) is 1. The van der Waals surface area contributed by atoms with E-state index in [0.29, 0.717) is 6.54 Å². The second-order valence-electron chi connectivity index (χ2n) is 7.34.